The van der Waals surface area contributed by atoms with Gasteiger partial charge in [0.15, 0.2) is 3.77 Å². The van der Waals surface area contributed by atoms with Gasteiger partial charge in [-0.1, -0.05) is 53.7 Å². The highest BCUT2D eigenvalue weighted by molar-refractivity contribution is 14.1. The largest absolute Gasteiger partial charge is 0.498 e. The van der Waals surface area contributed by atoms with Crippen LogP contribution in [-0.4, -0.2) is 5.16 Å². The number of terminal acetylenes is 1. The van der Waals surface area contributed by atoms with Crippen LogP contribution in [0.2, 0.25) is 0 Å². The molecule has 0 unspecified atom stereocenters. The van der Waals surface area contributed by atoms with Crippen LogP contribution in [0.25, 0.3) is 16.3 Å². The lowest BCUT2D eigenvalue weighted by atomic mass is 10.2. The van der Waals surface area contributed by atoms with Crippen LogP contribution in [0.3, 0.4) is 0 Å². The number of nitrogens with zero attached hydrogens (tertiary/aromatic N) is 2. The Labute approximate surface area is 167 Å². The molecule has 0 atom stereocenters. The molecule has 0 amide bonds. The summed E-state index contributed by atoms with van der Waals surface area (Å²) in [6.45, 7) is 0. The molecular weight excluding hydrogens is 522 g/mol. The fraction of sp³-hybridized carbons (Fsp3) is 0. The summed E-state index contributed by atoms with van der Waals surface area (Å²) >= 11 is 3.91. The van der Waals surface area contributed by atoms with Crippen LogP contribution in [0.15, 0.2) is 71.3 Å². The minimum Gasteiger partial charge on any atom is -0.498 e. The van der Waals surface area contributed by atoms with E-state index in [1.54, 1.807) is 12.1 Å². The van der Waals surface area contributed by atoms with Gasteiger partial charge in [0, 0.05) is 61.8 Å². The van der Waals surface area contributed by atoms with Crippen LogP contribution < -0.4 is 0 Å². The summed E-state index contributed by atoms with van der Waals surface area (Å²) < 4.78 is 7.99. The number of aromatic nitrogens is 1. The van der Waals surface area contributed by atoms with E-state index in [1.807, 2.05) is 77.2 Å². The molecule has 6 heteroatoms. The molecule has 0 saturated carbocycles. The van der Waals surface area contributed by atoms with Gasteiger partial charge in [0.2, 0.25) is 0 Å². The number of hydrogen-bond acceptors (Lipinski definition) is 3. The van der Waals surface area contributed by atoms with E-state index in [4.69, 9.17) is 4.52 Å². The zero-order valence-electron chi connectivity index (χ0n) is 12.4. The molecule has 120 valence electrons. The van der Waals surface area contributed by atoms with E-state index in [0.29, 0.717) is 5.56 Å². The molecule has 1 heterocycles. The topological polar surface area (TPSA) is 53.5 Å². The quantitative estimate of drug-likeness (QED) is 0.225. The minimum absolute atomic E-state index is 0.715. The molecule has 0 aliphatic heterocycles. The van der Waals surface area contributed by atoms with Crippen molar-refractivity contribution in [1.29, 1.82) is 0 Å². The Kier molecular flexibility index (Phi) is 10.3. The standard InChI is InChI=1S/C9H6INO.C7H5NO.C2HI/c10-9-6-8(11-12-9)7-4-2-1-3-5-7;9-8-6-7-4-2-1-3-5-7;1-2-3/h1-6H;1-5H;1H/i10-4;;3-4. The van der Waals surface area contributed by atoms with Crippen molar-refractivity contribution >= 4 is 45.2 Å². The van der Waals surface area contributed by atoms with Crippen molar-refractivity contribution in [1.82, 2.24) is 5.16 Å². The molecule has 24 heavy (non-hydrogen) atoms. The van der Waals surface area contributed by atoms with Gasteiger partial charge >= 0.3 is 6.07 Å². The second kappa shape index (κ2) is 12.4. The molecule has 0 aliphatic carbocycles. The summed E-state index contributed by atoms with van der Waals surface area (Å²) in [6, 6.07) is 23.2. The van der Waals surface area contributed by atoms with E-state index in [9.17, 15) is 5.21 Å². The lowest BCUT2D eigenvalue weighted by Crippen LogP contribution is -1.73. The summed E-state index contributed by atoms with van der Waals surface area (Å²) in [7, 11) is 0. The Balaban J connectivity index is 0.000000213. The van der Waals surface area contributed by atoms with Crippen molar-refractivity contribution in [3.63, 3.8) is 0 Å². The Morgan fingerprint density at radius 2 is 1.58 bits per heavy atom. The van der Waals surface area contributed by atoms with Gasteiger partial charge in [0.1, 0.15) is 11.3 Å². The van der Waals surface area contributed by atoms with Gasteiger partial charge in [-0.05, 0) is 16.1 Å². The number of rotatable bonds is 1. The number of halogens is 2. The second-order valence-electron chi connectivity index (χ2n) is 4.06. The average molecular weight is 534 g/mol. The second-order valence-corrected chi connectivity index (χ2v) is 5.75. The van der Waals surface area contributed by atoms with E-state index in [1.165, 1.54) is 0 Å². The minimum atomic E-state index is 0.715. The molecule has 1 aromatic heterocycles. The van der Waals surface area contributed by atoms with E-state index in [0.717, 1.165) is 15.0 Å². The molecule has 2 aromatic carbocycles. The van der Waals surface area contributed by atoms with Crippen LogP contribution in [0.1, 0.15) is 5.56 Å². The van der Waals surface area contributed by atoms with Crippen LogP contribution in [0.4, 0.5) is 0 Å². The van der Waals surface area contributed by atoms with Crippen LogP contribution >= 0.6 is 45.2 Å². The molecule has 4 nitrogen and oxygen atoms in total. The van der Waals surface area contributed by atoms with Crippen molar-refractivity contribution in [2.45, 2.75) is 0 Å². The number of hydrogen-bond donors (Lipinski definition) is 0. The normalized spacial score (nSPS) is 8.21. The maximum atomic E-state index is 9.61. The first-order valence-electron chi connectivity index (χ1n) is 6.58. The van der Waals surface area contributed by atoms with Crippen LogP contribution in [0.5, 0.6) is 0 Å². The Morgan fingerprint density at radius 1 is 1.04 bits per heavy atom. The molecule has 0 saturated heterocycles. The smallest absolute Gasteiger partial charge is 0.336 e. The van der Waals surface area contributed by atoms with Crippen LogP contribution in [-0.2, 0) is 0 Å². The van der Waals surface area contributed by atoms with Crippen molar-refractivity contribution < 1.29 is 4.52 Å². The summed E-state index contributed by atoms with van der Waals surface area (Å²) in [4.78, 5) is 0. The van der Waals surface area contributed by atoms with E-state index >= 15 is 0 Å². The van der Waals surface area contributed by atoms with Gasteiger partial charge in [0.05, 0.1) is 0 Å². The molecule has 3 aromatic rings. The maximum absolute atomic E-state index is 9.61. The van der Waals surface area contributed by atoms with E-state index in [2.05, 4.69) is 49.2 Å². The predicted octanol–water partition coefficient (Wildman–Crippen LogP) is 5.82. The van der Waals surface area contributed by atoms with Gasteiger partial charge < -0.3 is 9.73 Å². The third-order valence-corrected chi connectivity index (χ3v) is 3.01. The molecule has 0 radical (unpaired) electrons. The monoisotopic (exact) mass is 534 g/mol. The van der Waals surface area contributed by atoms with Gasteiger partial charge in [-0.3, -0.25) is 0 Å². The molecular formula is C18H12I2N2O2. The molecule has 0 aliphatic rings. The fourth-order valence-electron chi connectivity index (χ4n) is 1.56. The third-order valence-electron chi connectivity index (χ3n) is 2.50. The van der Waals surface area contributed by atoms with Gasteiger partial charge in [-0.25, -0.2) is 0 Å². The van der Waals surface area contributed by atoms with E-state index in [-0.39, 0.29) is 0 Å². The first-order valence-corrected chi connectivity index (χ1v) is 8.74. The lowest BCUT2D eigenvalue weighted by molar-refractivity contribution is 0.400. The first kappa shape index (κ1) is 20.0. The number of benzene rings is 2. The van der Waals surface area contributed by atoms with E-state index < -0.39 is 0 Å². The molecule has 0 spiro atoms. The summed E-state index contributed by atoms with van der Waals surface area (Å²) in [5.74, 6) is 0. The Bertz CT molecular complexity index is 817. The first-order chi connectivity index (χ1) is 11.7. The SMILES string of the molecule is C#C[123I].[123I]c1cc(-c2ccccc2)no1.[O-][N+]#Cc1ccccc1. The summed E-state index contributed by atoms with van der Waals surface area (Å²) in [5.41, 5.74) is 2.69. The molecule has 3 rings (SSSR count). The van der Waals surface area contributed by atoms with Gasteiger partial charge in [0.25, 0.3) is 0 Å². The third kappa shape index (κ3) is 7.99. The Morgan fingerprint density at radius 3 is 2.04 bits per heavy atom. The fourth-order valence-corrected chi connectivity index (χ4v) is 1.96. The van der Waals surface area contributed by atoms with Gasteiger partial charge in [-0.15, -0.1) is 6.42 Å². The lowest BCUT2D eigenvalue weighted by Gasteiger charge is -1.90. The average Bonchev–Trinajstić information content (AvgIpc) is 3.05. The van der Waals surface area contributed by atoms with Crippen molar-refractivity contribution in [3.05, 3.63) is 86.3 Å². The summed E-state index contributed by atoms with van der Waals surface area (Å²) in [6.07, 6.45) is 4.58. The zero-order chi connectivity index (χ0) is 17.6. The van der Waals surface area contributed by atoms with Crippen molar-refractivity contribution in [2.24, 2.45) is 0 Å². The van der Waals surface area contributed by atoms with Crippen molar-refractivity contribution in [3.8, 4) is 27.7 Å². The van der Waals surface area contributed by atoms with Gasteiger partial charge in [-0.2, -0.15) is 0 Å². The summed E-state index contributed by atoms with van der Waals surface area (Å²) in [5, 5.41) is 16.0. The highest BCUT2D eigenvalue weighted by atomic mass is 123. The molecule has 0 fully saturated rings. The highest BCUT2D eigenvalue weighted by Crippen LogP contribution is 2.18. The van der Waals surface area contributed by atoms with Crippen molar-refractivity contribution in [2.75, 3.05) is 0 Å². The predicted molar refractivity (Wildman–Crippen MR) is 114 cm³/mol. The molecule has 0 bridgehead atoms. The maximum Gasteiger partial charge on any atom is 0.336 e. The highest BCUT2D eigenvalue weighted by Gasteiger charge is 2.01. The zero-order valence-corrected chi connectivity index (χ0v) is 16.7. The van der Waals surface area contributed by atoms with Crippen LogP contribution in [0, 0.1) is 25.4 Å². The molecule has 0 N–H and O–H groups in total. The Hall–Kier alpha value is -2.04.